The smallest absolute Gasteiger partial charge is 0.231 e. The van der Waals surface area contributed by atoms with Crippen LogP contribution in [0.2, 0.25) is 0 Å². The molecule has 16 heavy (non-hydrogen) atoms. The standard InChI is InChI=1S/C12H14N4/c1-9-8-11(13)15-12(14-9)16(2)10-6-4-3-5-7-10/h3-8H,1-2H3,(H2,13,14,15). The summed E-state index contributed by atoms with van der Waals surface area (Å²) in [5.74, 6) is 1.11. The van der Waals surface area contributed by atoms with Crippen molar-refractivity contribution in [2.45, 2.75) is 6.92 Å². The van der Waals surface area contributed by atoms with Gasteiger partial charge in [-0.25, -0.2) is 4.98 Å². The summed E-state index contributed by atoms with van der Waals surface area (Å²) in [4.78, 5) is 10.5. The summed E-state index contributed by atoms with van der Waals surface area (Å²) in [5, 5.41) is 0. The Morgan fingerprint density at radius 3 is 2.44 bits per heavy atom. The Morgan fingerprint density at radius 2 is 1.81 bits per heavy atom. The Morgan fingerprint density at radius 1 is 1.12 bits per heavy atom. The van der Waals surface area contributed by atoms with E-state index in [-0.39, 0.29) is 0 Å². The molecule has 0 aliphatic heterocycles. The SMILES string of the molecule is Cc1cc(N)nc(N(C)c2ccccc2)n1. The number of hydrogen-bond acceptors (Lipinski definition) is 4. The Hall–Kier alpha value is -2.10. The van der Waals surface area contributed by atoms with Gasteiger partial charge in [-0.05, 0) is 19.1 Å². The summed E-state index contributed by atoms with van der Waals surface area (Å²) in [6.07, 6.45) is 0. The molecule has 4 heteroatoms. The largest absolute Gasteiger partial charge is 0.384 e. The summed E-state index contributed by atoms with van der Waals surface area (Å²) in [6.45, 7) is 1.90. The van der Waals surface area contributed by atoms with E-state index in [0.29, 0.717) is 11.8 Å². The Bertz CT molecular complexity index is 461. The normalized spacial score (nSPS) is 10.1. The number of aromatic nitrogens is 2. The van der Waals surface area contributed by atoms with Crippen molar-refractivity contribution in [1.29, 1.82) is 0 Å². The molecule has 0 unspecified atom stereocenters. The lowest BCUT2D eigenvalue weighted by atomic mass is 10.3. The molecule has 0 spiro atoms. The van der Waals surface area contributed by atoms with Crippen molar-refractivity contribution < 1.29 is 0 Å². The van der Waals surface area contributed by atoms with Crippen molar-refractivity contribution >= 4 is 17.5 Å². The van der Waals surface area contributed by atoms with Crippen LogP contribution in [-0.4, -0.2) is 17.0 Å². The second-order valence-corrected chi connectivity index (χ2v) is 3.63. The minimum atomic E-state index is 0.491. The minimum absolute atomic E-state index is 0.491. The van der Waals surface area contributed by atoms with Crippen LogP contribution in [-0.2, 0) is 0 Å². The quantitative estimate of drug-likeness (QED) is 0.832. The average molecular weight is 214 g/mol. The molecule has 0 atom stereocenters. The van der Waals surface area contributed by atoms with Crippen molar-refractivity contribution in [1.82, 2.24) is 9.97 Å². The molecule has 0 aliphatic carbocycles. The highest BCUT2D eigenvalue weighted by Crippen LogP contribution is 2.20. The van der Waals surface area contributed by atoms with Crippen molar-refractivity contribution in [3.8, 4) is 0 Å². The number of aryl methyl sites for hydroxylation is 1. The maximum absolute atomic E-state index is 5.70. The van der Waals surface area contributed by atoms with E-state index in [9.17, 15) is 0 Å². The fourth-order valence-electron chi connectivity index (χ4n) is 1.49. The molecule has 0 amide bonds. The van der Waals surface area contributed by atoms with Gasteiger partial charge in [0.25, 0.3) is 0 Å². The number of para-hydroxylation sites is 1. The van der Waals surface area contributed by atoms with Gasteiger partial charge in [0, 0.05) is 24.5 Å². The second-order valence-electron chi connectivity index (χ2n) is 3.63. The number of nitrogens with two attached hydrogens (primary N) is 1. The van der Waals surface area contributed by atoms with Gasteiger partial charge in [-0.15, -0.1) is 0 Å². The van der Waals surface area contributed by atoms with Gasteiger partial charge in [0.05, 0.1) is 0 Å². The van der Waals surface area contributed by atoms with Crippen LogP contribution >= 0.6 is 0 Å². The van der Waals surface area contributed by atoms with E-state index in [1.54, 1.807) is 6.07 Å². The third-order valence-corrected chi connectivity index (χ3v) is 2.31. The molecule has 0 saturated carbocycles. The number of anilines is 3. The maximum atomic E-state index is 5.70. The fraction of sp³-hybridized carbons (Fsp3) is 0.167. The van der Waals surface area contributed by atoms with Crippen LogP contribution < -0.4 is 10.6 Å². The summed E-state index contributed by atoms with van der Waals surface area (Å²) >= 11 is 0. The third-order valence-electron chi connectivity index (χ3n) is 2.31. The monoisotopic (exact) mass is 214 g/mol. The molecule has 1 aromatic heterocycles. The fourth-order valence-corrected chi connectivity index (χ4v) is 1.49. The minimum Gasteiger partial charge on any atom is -0.384 e. The first-order valence-corrected chi connectivity index (χ1v) is 5.07. The van der Waals surface area contributed by atoms with Crippen LogP contribution in [0.5, 0.6) is 0 Å². The van der Waals surface area contributed by atoms with Crippen LogP contribution in [0.25, 0.3) is 0 Å². The molecule has 0 bridgehead atoms. The van der Waals surface area contributed by atoms with Crippen LogP contribution in [0.4, 0.5) is 17.5 Å². The van der Waals surface area contributed by atoms with Crippen LogP contribution in [0.1, 0.15) is 5.69 Å². The first-order valence-electron chi connectivity index (χ1n) is 5.07. The van der Waals surface area contributed by atoms with Gasteiger partial charge in [0.2, 0.25) is 5.95 Å². The Labute approximate surface area is 94.8 Å². The van der Waals surface area contributed by atoms with E-state index >= 15 is 0 Å². The third kappa shape index (κ3) is 2.11. The highest BCUT2D eigenvalue weighted by Gasteiger charge is 2.07. The molecule has 2 rings (SSSR count). The number of benzene rings is 1. The summed E-state index contributed by atoms with van der Waals surface area (Å²) in [6, 6.07) is 11.7. The van der Waals surface area contributed by atoms with E-state index in [2.05, 4.69) is 9.97 Å². The predicted molar refractivity (Wildman–Crippen MR) is 65.7 cm³/mol. The van der Waals surface area contributed by atoms with Crippen molar-refractivity contribution in [2.75, 3.05) is 17.7 Å². The van der Waals surface area contributed by atoms with Gasteiger partial charge in [0.1, 0.15) is 5.82 Å². The van der Waals surface area contributed by atoms with Gasteiger partial charge in [-0.1, -0.05) is 18.2 Å². The molecule has 1 heterocycles. The lowest BCUT2D eigenvalue weighted by Crippen LogP contribution is -2.14. The van der Waals surface area contributed by atoms with Gasteiger partial charge in [-0.2, -0.15) is 4.98 Å². The molecular weight excluding hydrogens is 200 g/mol. The molecule has 0 radical (unpaired) electrons. The van der Waals surface area contributed by atoms with Crippen LogP contribution in [0.3, 0.4) is 0 Å². The Kier molecular flexibility index (Phi) is 2.72. The molecule has 4 nitrogen and oxygen atoms in total. The van der Waals surface area contributed by atoms with E-state index < -0.39 is 0 Å². The number of nitrogen functional groups attached to an aromatic ring is 1. The molecule has 0 fully saturated rings. The van der Waals surface area contributed by atoms with Gasteiger partial charge < -0.3 is 10.6 Å². The van der Waals surface area contributed by atoms with Crippen LogP contribution in [0.15, 0.2) is 36.4 Å². The molecule has 0 saturated heterocycles. The molecule has 82 valence electrons. The first kappa shape index (κ1) is 10.4. The Balaban J connectivity index is 2.37. The van der Waals surface area contributed by atoms with E-state index in [1.807, 2.05) is 49.2 Å². The molecule has 0 aliphatic rings. The number of rotatable bonds is 2. The number of nitrogens with zero attached hydrogens (tertiary/aromatic N) is 3. The van der Waals surface area contributed by atoms with Crippen molar-refractivity contribution in [2.24, 2.45) is 0 Å². The van der Waals surface area contributed by atoms with E-state index in [1.165, 1.54) is 0 Å². The molecule has 1 aromatic carbocycles. The van der Waals surface area contributed by atoms with Gasteiger partial charge in [0.15, 0.2) is 0 Å². The molecule has 2 aromatic rings. The lowest BCUT2D eigenvalue weighted by Gasteiger charge is -2.17. The summed E-state index contributed by atoms with van der Waals surface area (Å²) in [7, 11) is 1.92. The average Bonchev–Trinajstić information content (AvgIpc) is 2.28. The van der Waals surface area contributed by atoms with Gasteiger partial charge >= 0.3 is 0 Å². The zero-order valence-electron chi connectivity index (χ0n) is 9.38. The topological polar surface area (TPSA) is 55.0 Å². The zero-order valence-corrected chi connectivity index (χ0v) is 9.38. The second kappa shape index (κ2) is 4.18. The molecule has 2 N–H and O–H groups in total. The van der Waals surface area contributed by atoms with Crippen molar-refractivity contribution in [3.63, 3.8) is 0 Å². The summed E-state index contributed by atoms with van der Waals surface area (Å²) < 4.78 is 0. The lowest BCUT2D eigenvalue weighted by molar-refractivity contribution is 1.02. The predicted octanol–water partition coefficient (Wildman–Crippen LogP) is 2.14. The summed E-state index contributed by atoms with van der Waals surface area (Å²) in [5.41, 5.74) is 7.60. The van der Waals surface area contributed by atoms with E-state index in [0.717, 1.165) is 11.4 Å². The number of hydrogen-bond donors (Lipinski definition) is 1. The molecular formula is C12H14N4. The highest BCUT2D eigenvalue weighted by molar-refractivity contribution is 5.57. The first-order chi connectivity index (χ1) is 7.66. The van der Waals surface area contributed by atoms with Crippen molar-refractivity contribution in [3.05, 3.63) is 42.1 Å². The maximum Gasteiger partial charge on any atom is 0.231 e. The van der Waals surface area contributed by atoms with Gasteiger partial charge in [-0.3, -0.25) is 0 Å². The van der Waals surface area contributed by atoms with Crippen LogP contribution in [0, 0.1) is 6.92 Å². The highest BCUT2D eigenvalue weighted by atomic mass is 15.2. The zero-order chi connectivity index (χ0) is 11.5. The van der Waals surface area contributed by atoms with E-state index in [4.69, 9.17) is 5.73 Å².